The summed E-state index contributed by atoms with van der Waals surface area (Å²) in [5, 5.41) is 5.38. The van der Waals surface area contributed by atoms with Crippen molar-refractivity contribution in [1.29, 1.82) is 0 Å². The summed E-state index contributed by atoms with van der Waals surface area (Å²) in [5.74, 6) is 0. The number of carbonyl (C=O) groups excluding carboxylic acids is 1. The Morgan fingerprint density at radius 3 is 2.61 bits per heavy atom. The SMILES string of the molecule is O=C(NCCC=Cc1ccc2sc3ccccc3c2c1)OCc1ccccc1. The van der Waals surface area contributed by atoms with Crippen molar-refractivity contribution >= 4 is 43.7 Å². The third kappa shape index (κ3) is 4.41. The number of alkyl carbamates (subject to hydrolysis) is 1. The van der Waals surface area contributed by atoms with E-state index in [1.165, 1.54) is 25.7 Å². The summed E-state index contributed by atoms with van der Waals surface area (Å²) in [5.41, 5.74) is 2.15. The number of hydrogen-bond acceptors (Lipinski definition) is 3. The number of rotatable bonds is 6. The van der Waals surface area contributed by atoms with Crippen molar-refractivity contribution in [3.63, 3.8) is 0 Å². The number of benzene rings is 3. The Labute approximate surface area is 168 Å². The number of hydrogen-bond donors (Lipinski definition) is 1. The molecule has 4 heteroatoms. The average molecular weight is 388 g/mol. The Morgan fingerprint density at radius 1 is 0.929 bits per heavy atom. The molecule has 140 valence electrons. The van der Waals surface area contributed by atoms with Gasteiger partial charge in [-0.2, -0.15) is 0 Å². The Morgan fingerprint density at radius 2 is 1.71 bits per heavy atom. The van der Waals surface area contributed by atoms with E-state index < -0.39 is 0 Å². The fraction of sp³-hybridized carbons (Fsp3) is 0.125. The van der Waals surface area contributed by atoms with Gasteiger partial charge in [0.15, 0.2) is 0 Å². The highest BCUT2D eigenvalue weighted by molar-refractivity contribution is 7.25. The minimum absolute atomic E-state index is 0.289. The standard InChI is InChI=1S/C24H21NO2S/c26-24(27-17-19-9-2-1-3-10-19)25-15-7-6-8-18-13-14-23-21(16-18)20-11-4-5-12-22(20)28-23/h1-6,8-14,16H,7,15,17H2,(H,25,26). The predicted octanol–water partition coefficient (Wildman–Crippen LogP) is 6.38. The molecule has 0 aliphatic rings. The lowest BCUT2D eigenvalue weighted by Crippen LogP contribution is -2.24. The largest absolute Gasteiger partial charge is 0.445 e. The van der Waals surface area contributed by atoms with E-state index in [0.717, 1.165) is 12.0 Å². The summed E-state index contributed by atoms with van der Waals surface area (Å²) in [7, 11) is 0. The maximum absolute atomic E-state index is 11.7. The van der Waals surface area contributed by atoms with Gasteiger partial charge in [-0.1, -0.05) is 66.7 Å². The second-order valence-electron chi connectivity index (χ2n) is 6.53. The summed E-state index contributed by atoms with van der Waals surface area (Å²) in [6.07, 6.45) is 4.54. The van der Waals surface area contributed by atoms with Crippen LogP contribution in [0.1, 0.15) is 17.5 Å². The maximum Gasteiger partial charge on any atom is 0.407 e. The van der Waals surface area contributed by atoms with Crippen molar-refractivity contribution in [3.8, 4) is 0 Å². The zero-order chi connectivity index (χ0) is 19.2. The Kier molecular flexibility index (Phi) is 5.69. The van der Waals surface area contributed by atoms with Gasteiger partial charge in [-0.15, -0.1) is 11.3 Å². The molecule has 28 heavy (non-hydrogen) atoms. The van der Waals surface area contributed by atoms with Crippen molar-refractivity contribution in [2.75, 3.05) is 6.54 Å². The molecule has 4 rings (SSSR count). The number of nitrogens with one attached hydrogen (secondary N) is 1. The zero-order valence-electron chi connectivity index (χ0n) is 15.4. The molecule has 1 N–H and O–H groups in total. The molecular weight excluding hydrogens is 366 g/mol. The molecule has 0 saturated heterocycles. The van der Waals surface area contributed by atoms with Crippen molar-refractivity contribution in [2.45, 2.75) is 13.0 Å². The summed E-state index contributed by atoms with van der Waals surface area (Å²) in [4.78, 5) is 11.7. The number of ether oxygens (including phenoxy) is 1. The van der Waals surface area contributed by atoms with E-state index in [4.69, 9.17) is 4.74 Å². The Balaban J connectivity index is 1.28. The van der Waals surface area contributed by atoms with Gasteiger partial charge in [0.1, 0.15) is 6.61 Å². The van der Waals surface area contributed by atoms with Gasteiger partial charge in [0.25, 0.3) is 0 Å². The van der Waals surface area contributed by atoms with Gasteiger partial charge in [-0.25, -0.2) is 4.79 Å². The smallest absolute Gasteiger partial charge is 0.407 e. The van der Waals surface area contributed by atoms with Crippen LogP contribution in [0.3, 0.4) is 0 Å². The van der Waals surface area contributed by atoms with E-state index in [1.54, 1.807) is 0 Å². The predicted molar refractivity (Wildman–Crippen MR) is 118 cm³/mol. The monoisotopic (exact) mass is 387 g/mol. The molecule has 0 spiro atoms. The van der Waals surface area contributed by atoms with Crippen LogP contribution in [0.5, 0.6) is 0 Å². The van der Waals surface area contributed by atoms with Gasteiger partial charge in [0, 0.05) is 26.7 Å². The molecule has 1 amide bonds. The Hall–Kier alpha value is -3.11. The molecule has 0 aliphatic carbocycles. The van der Waals surface area contributed by atoms with E-state index in [1.807, 2.05) is 41.7 Å². The fourth-order valence-electron chi connectivity index (χ4n) is 3.10. The van der Waals surface area contributed by atoms with E-state index in [-0.39, 0.29) is 12.7 Å². The fourth-order valence-corrected chi connectivity index (χ4v) is 4.18. The van der Waals surface area contributed by atoms with Crippen LogP contribution in [0.25, 0.3) is 26.2 Å². The number of thiophene rings is 1. The molecule has 0 bridgehead atoms. The second-order valence-corrected chi connectivity index (χ2v) is 7.62. The molecular formula is C24H21NO2S. The summed E-state index contributed by atoms with van der Waals surface area (Å²) < 4.78 is 7.82. The second kappa shape index (κ2) is 8.72. The summed E-state index contributed by atoms with van der Waals surface area (Å²) in [6.45, 7) is 0.838. The summed E-state index contributed by atoms with van der Waals surface area (Å²) in [6, 6.07) is 24.7. The van der Waals surface area contributed by atoms with E-state index in [9.17, 15) is 4.79 Å². The van der Waals surface area contributed by atoms with Gasteiger partial charge in [-0.3, -0.25) is 0 Å². The molecule has 0 unspecified atom stereocenters. The van der Waals surface area contributed by atoms with E-state index >= 15 is 0 Å². The van der Waals surface area contributed by atoms with Crippen LogP contribution in [0, 0.1) is 0 Å². The highest BCUT2D eigenvalue weighted by Gasteiger charge is 2.04. The minimum Gasteiger partial charge on any atom is -0.445 e. The van der Waals surface area contributed by atoms with Gasteiger partial charge in [0.2, 0.25) is 0 Å². The third-order valence-electron chi connectivity index (χ3n) is 4.50. The molecule has 0 aliphatic heterocycles. The normalized spacial score (nSPS) is 11.3. The lowest BCUT2D eigenvalue weighted by Gasteiger charge is -2.05. The van der Waals surface area contributed by atoms with Crippen LogP contribution in [-0.4, -0.2) is 12.6 Å². The van der Waals surface area contributed by atoms with Crippen LogP contribution in [0.4, 0.5) is 4.79 Å². The van der Waals surface area contributed by atoms with Gasteiger partial charge in [-0.05, 0) is 35.7 Å². The van der Waals surface area contributed by atoms with Gasteiger partial charge < -0.3 is 10.1 Å². The first-order chi connectivity index (χ1) is 13.8. The zero-order valence-corrected chi connectivity index (χ0v) is 16.2. The molecule has 0 radical (unpaired) electrons. The van der Waals surface area contributed by atoms with Crippen molar-refractivity contribution in [1.82, 2.24) is 5.32 Å². The molecule has 0 saturated carbocycles. The lowest BCUT2D eigenvalue weighted by molar-refractivity contribution is 0.140. The first-order valence-corrected chi connectivity index (χ1v) is 10.1. The highest BCUT2D eigenvalue weighted by Crippen LogP contribution is 2.34. The quantitative estimate of drug-likeness (QED) is 0.390. The van der Waals surface area contributed by atoms with Gasteiger partial charge in [0.05, 0.1) is 0 Å². The minimum atomic E-state index is -0.386. The van der Waals surface area contributed by atoms with Gasteiger partial charge >= 0.3 is 6.09 Å². The molecule has 1 heterocycles. The average Bonchev–Trinajstić information content (AvgIpc) is 3.11. The highest BCUT2D eigenvalue weighted by atomic mass is 32.1. The van der Waals surface area contributed by atoms with Crippen LogP contribution < -0.4 is 5.32 Å². The van der Waals surface area contributed by atoms with Crippen molar-refractivity contribution < 1.29 is 9.53 Å². The molecule has 0 fully saturated rings. The molecule has 0 atom stereocenters. The van der Waals surface area contributed by atoms with Crippen LogP contribution in [0.2, 0.25) is 0 Å². The third-order valence-corrected chi connectivity index (χ3v) is 5.66. The number of carbonyl (C=O) groups is 1. The van der Waals surface area contributed by atoms with Crippen LogP contribution in [0.15, 0.2) is 78.9 Å². The first kappa shape index (κ1) is 18.3. The number of amides is 1. The van der Waals surface area contributed by atoms with Crippen LogP contribution >= 0.6 is 11.3 Å². The number of fused-ring (bicyclic) bond motifs is 3. The summed E-state index contributed by atoms with van der Waals surface area (Å²) >= 11 is 1.82. The van der Waals surface area contributed by atoms with E-state index in [2.05, 4.69) is 59.9 Å². The van der Waals surface area contributed by atoms with E-state index in [0.29, 0.717) is 6.54 Å². The van der Waals surface area contributed by atoms with Crippen LogP contribution in [-0.2, 0) is 11.3 Å². The van der Waals surface area contributed by atoms with Crippen molar-refractivity contribution in [2.24, 2.45) is 0 Å². The Bertz CT molecular complexity index is 1120. The molecule has 3 nitrogen and oxygen atoms in total. The first-order valence-electron chi connectivity index (χ1n) is 9.32. The molecule has 4 aromatic rings. The molecule has 1 aromatic heterocycles. The van der Waals surface area contributed by atoms with Crippen molar-refractivity contribution in [3.05, 3.63) is 90.0 Å². The molecule has 3 aromatic carbocycles. The lowest BCUT2D eigenvalue weighted by atomic mass is 10.1. The maximum atomic E-state index is 11.7. The topological polar surface area (TPSA) is 38.3 Å².